The van der Waals surface area contributed by atoms with Crippen LogP contribution in [0.4, 0.5) is 26.4 Å². The smallest absolute Gasteiger partial charge is 0.323 e. The van der Waals surface area contributed by atoms with Gasteiger partial charge < -0.3 is 16.0 Å². The molecular formula is C20H14ClFN4O2. The maximum absolute atomic E-state index is 13.5. The second-order valence-corrected chi connectivity index (χ2v) is 6.47. The number of carbonyl (C=O) groups excluding carboxylic acids is 1. The van der Waals surface area contributed by atoms with Gasteiger partial charge in [0.05, 0.1) is 21.8 Å². The molecule has 2 amide bonds. The van der Waals surface area contributed by atoms with Crippen molar-refractivity contribution in [2.45, 2.75) is 0 Å². The summed E-state index contributed by atoms with van der Waals surface area (Å²) in [6, 6.07) is 15.8. The molecule has 28 heavy (non-hydrogen) atoms. The zero-order chi connectivity index (χ0) is 19.8. The minimum atomic E-state index is -0.721. The van der Waals surface area contributed by atoms with Crippen molar-refractivity contribution in [1.29, 1.82) is 0 Å². The molecular weight excluding hydrogens is 383 g/mol. The van der Waals surface area contributed by atoms with Crippen molar-refractivity contribution in [2.24, 2.45) is 5.73 Å². The first-order chi connectivity index (χ1) is 13.5. The predicted octanol–water partition coefficient (Wildman–Crippen LogP) is 5.09. The number of nitrogen functional groups attached to an aromatic ring is 1. The van der Waals surface area contributed by atoms with Crippen LogP contribution < -0.4 is 16.4 Å². The Morgan fingerprint density at radius 2 is 1.79 bits per heavy atom. The summed E-state index contributed by atoms with van der Waals surface area (Å²) in [5, 5.41) is 4.41. The minimum absolute atomic E-state index is 0.102. The van der Waals surface area contributed by atoms with Gasteiger partial charge in [0.2, 0.25) is 0 Å². The highest BCUT2D eigenvalue weighted by Crippen LogP contribution is 2.35. The normalized spacial score (nSPS) is 10.9. The van der Waals surface area contributed by atoms with Crippen LogP contribution in [0.15, 0.2) is 65.2 Å². The van der Waals surface area contributed by atoms with E-state index < -0.39 is 11.8 Å². The van der Waals surface area contributed by atoms with Gasteiger partial charge in [-0.05, 0) is 47.5 Å². The highest BCUT2D eigenvalue weighted by atomic mass is 35.5. The molecule has 0 unspecified atom stereocenters. The number of primary amides is 1. The van der Waals surface area contributed by atoms with E-state index in [0.717, 1.165) is 11.1 Å². The second-order valence-electron chi connectivity index (χ2n) is 6.07. The molecule has 8 heteroatoms. The van der Waals surface area contributed by atoms with E-state index >= 15 is 0 Å². The van der Waals surface area contributed by atoms with E-state index in [-0.39, 0.29) is 5.02 Å². The molecule has 0 bridgehead atoms. The van der Waals surface area contributed by atoms with Gasteiger partial charge in [-0.2, -0.15) is 0 Å². The molecule has 0 fully saturated rings. The molecule has 6 nitrogen and oxygen atoms in total. The molecule has 3 aromatic carbocycles. The average Bonchev–Trinajstić information content (AvgIpc) is 3.06. The molecule has 0 atom stereocenters. The number of halogens is 2. The Kier molecular flexibility index (Phi) is 4.37. The minimum Gasteiger partial charge on any atom is -0.380 e. The Labute approximate surface area is 164 Å². The number of rotatable bonds is 3. The summed E-state index contributed by atoms with van der Waals surface area (Å²) < 4.78 is 18.6. The molecule has 140 valence electrons. The topological polar surface area (TPSA) is 98.4 Å². The quantitative estimate of drug-likeness (QED) is 0.504. The first-order valence-corrected chi connectivity index (χ1v) is 8.62. The summed E-state index contributed by atoms with van der Waals surface area (Å²) in [6.07, 6.45) is 0. The van der Waals surface area contributed by atoms with E-state index in [1.165, 1.54) is 23.1 Å². The van der Waals surface area contributed by atoms with Crippen LogP contribution in [0.1, 0.15) is 0 Å². The average molecular weight is 397 g/mol. The Bertz CT molecular complexity index is 1190. The summed E-state index contributed by atoms with van der Waals surface area (Å²) in [6.45, 7) is 0. The molecule has 0 saturated carbocycles. The lowest BCUT2D eigenvalue weighted by atomic mass is 10.0. The Hall–Kier alpha value is -3.58. The number of nitrogens with zero attached hydrogens (tertiary/aromatic N) is 2. The van der Waals surface area contributed by atoms with Crippen LogP contribution in [0.25, 0.3) is 22.1 Å². The molecule has 0 aliphatic carbocycles. The SMILES string of the molecule is NC(=O)N(c1ccc(-c2cccc3onc(N)c23)cc1)c1ccc(F)c(Cl)c1. The van der Waals surface area contributed by atoms with Crippen LogP contribution >= 0.6 is 11.6 Å². The fourth-order valence-electron chi connectivity index (χ4n) is 3.07. The van der Waals surface area contributed by atoms with Gasteiger partial charge in [-0.1, -0.05) is 41.0 Å². The Morgan fingerprint density at radius 3 is 2.46 bits per heavy atom. The monoisotopic (exact) mass is 396 g/mol. The third-order valence-corrected chi connectivity index (χ3v) is 4.63. The van der Waals surface area contributed by atoms with Gasteiger partial charge in [0, 0.05) is 0 Å². The fourth-order valence-corrected chi connectivity index (χ4v) is 3.25. The van der Waals surface area contributed by atoms with Crippen LogP contribution in [0.2, 0.25) is 5.02 Å². The molecule has 1 heterocycles. The summed E-state index contributed by atoms with van der Waals surface area (Å²) in [5.41, 5.74) is 14.6. The Morgan fingerprint density at radius 1 is 1.07 bits per heavy atom. The molecule has 1 aromatic heterocycles. The van der Waals surface area contributed by atoms with Gasteiger partial charge in [-0.3, -0.25) is 4.90 Å². The van der Waals surface area contributed by atoms with Crippen molar-refractivity contribution in [1.82, 2.24) is 5.16 Å². The standard InChI is InChI=1S/C20H14ClFN4O2/c21-15-10-13(8-9-16(15)22)26(20(24)27)12-6-4-11(5-7-12)14-2-1-3-17-18(14)19(23)25-28-17/h1-10H,(H2,23,25)(H2,24,27). The summed E-state index contributed by atoms with van der Waals surface area (Å²) in [7, 11) is 0. The van der Waals surface area contributed by atoms with Crippen molar-refractivity contribution < 1.29 is 13.7 Å². The van der Waals surface area contributed by atoms with Crippen molar-refractivity contribution in [3.05, 3.63) is 71.5 Å². The lowest BCUT2D eigenvalue weighted by Crippen LogP contribution is -2.31. The fraction of sp³-hybridized carbons (Fsp3) is 0. The molecule has 4 aromatic rings. The highest BCUT2D eigenvalue weighted by Gasteiger charge is 2.17. The molecule has 0 spiro atoms. The zero-order valence-electron chi connectivity index (χ0n) is 14.4. The number of hydrogen-bond acceptors (Lipinski definition) is 4. The van der Waals surface area contributed by atoms with Crippen molar-refractivity contribution >= 4 is 45.8 Å². The zero-order valence-corrected chi connectivity index (χ0v) is 15.2. The van der Waals surface area contributed by atoms with Gasteiger partial charge in [-0.15, -0.1) is 0 Å². The number of anilines is 3. The van der Waals surface area contributed by atoms with Crippen molar-refractivity contribution in [2.75, 3.05) is 10.6 Å². The summed E-state index contributed by atoms with van der Waals surface area (Å²) in [5.74, 6) is -0.279. The molecule has 0 radical (unpaired) electrons. The van der Waals surface area contributed by atoms with Crippen LogP contribution in [-0.4, -0.2) is 11.2 Å². The van der Waals surface area contributed by atoms with E-state index in [9.17, 15) is 9.18 Å². The maximum atomic E-state index is 13.5. The van der Waals surface area contributed by atoms with Gasteiger partial charge in [-0.25, -0.2) is 9.18 Å². The maximum Gasteiger partial charge on any atom is 0.323 e. The van der Waals surface area contributed by atoms with Crippen molar-refractivity contribution in [3.63, 3.8) is 0 Å². The molecule has 0 aliphatic rings. The number of carbonyl (C=O) groups is 1. The predicted molar refractivity (Wildman–Crippen MR) is 107 cm³/mol. The molecule has 0 saturated heterocycles. The summed E-state index contributed by atoms with van der Waals surface area (Å²) >= 11 is 5.83. The third kappa shape index (κ3) is 3.01. The highest BCUT2D eigenvalue weighted by molar-refractivity contribution is 6.31. The largest absolute Gasteiger partial charge is 0.380 e. The number of fused-ring (bicyclic) bond motifs is 1. The number of amides is 2. The van der Waals surface area contributed by atoms with Gasteiger partial charge in [0.15, 0.2) is 11.4 Å². The van der Waals surface area contributed by atoms with Gasteiger partial charge in [0.1, 0.15) is 5.82 Å². The lowest BCUT2D eigenvalue weighted by Gasteiger charge is -2.21. The molecule has 0 aliphatic heterocycles. The third-order valence-electron chi connectivity index (χ3n) is 4.34. The number of nitrogens with two attached hydrogens (primary N) is 2. The number of hydrogen-bond donors (Lipinski definition) is 2. The summed E-state index contributed by atoms with van der Waals surface area (Å²) in [4.78, 5) is 13.2. The lowest BCUT2D eigenvalue weighted by molar-refractivity contribution is 0.256. The Balaban J connectivity index is 1.76. The van der Waals surface area contributed by atoms with E-state index in [1.54, 1.807) is 18.2 Å². The van der Waals surface area contributed by atoms with Crippen LogP contribution in [0.3, 0.4) is 0 Å². The van der Waals surface area contributed by atoms with E-state index in [1.807, 2.05) is 24.3 Å². The van der Waals surface area contributed by atoms with Crippen LogP contribution in [0, 0.1) is 5.82 Å². The van der Waals surface area contributed by atoms with Gasteiger partial charge >= 0.3 is 6.03 Å². The first kappa shape index (κ1) is 17.8. The molecule has 4 N–H and O–H groups in total. The second kappa shape index (κ2) is 6.86. The number of aromatic nitrogens is 1. The number of urea groups is 1. The van der Waals surface area contributed by atoms with Gasteiger partial charge in [0.25, 0.3) is 0 Å². The number of benzene rings is 3. The van der Waals surface area contributed by atoms with Crippen LogP contribution in [-0.2, 0) is 0 Å². The van der Waals surface area contributed by atoms with E-state index in [2.05, 4.69) is 5.16 Å². The van der Waals surface area contributed by atoms with E-state index in [0.29, 0.717) is 28.2 Å². The van der Waals surface area contributed by atoms with Crippen molar-refractivity contribution in [3.8, 4) is 11.1 Å². The van der Waals surface area contributed by atoms with E-state index in [4.69, 9.17) is 27.6 Å². The van der Waals surface area contributed by atoms with Crippen LogP contribution in [0.5, 0.6) is 0 Å². The first-order valence-electron chi connectivity index (χ1n) is 8.24. The molecule has 4 rings (SSSR count).